The molecule has 1 aromatic rings. The molecule has 0 radical (unpaired) electrons. The average molecular weight is 362 g/mol. The molecule has 2 atom stereocenters. The van der Waals surface area contributed by atoms with E-state index in [-0.39, 0.29) is 0 Å². The van der Waals surface area contributed by atoms with Gasteiger partial charge in [-0.2, -0.15) is 0 Å². The molecule has 2 nitrogen and oxygen atoms in total. The summed E-state index contributed by atoms with van der Waals surface area (Å²) in [4.78, 5) is 4.40. The Hall–Kier alpha value is 0.0700. The summed E-state index contributed by atoms with van der Waals surface area (Å²) in [5.74, 6) is 1.78. The highest BCUT2D eigenvalue weighted by atomic mass is 79.9. The van der Waals surface area contributed by atoms with Gasteiger partial charge in [0.25, 0.3) is 0 Å². The molecule has 2 rings (SSSR count). The van der Waals surface area contributed by atoms with Gasteiger partial charge in [-0.05, 0) is 69.1 Å². The van der Waals surface area contributed by atoms with E-state index in [2.05, 4.69) is 49.1 Å². The predicted molar refractivity (Wildman–Crippen MR) is 77.8 cm³/mol. The molecule has 1 aliphatic carbocycles. The van der Waals surface area contributed by atoms with Crippen LogP contribution in [0.4, 0.5) is 0 Å². The van der Waals surface area contributed by atoms with Gasteiger partial charge in [-0.25, -0.2) is 0 Å². The maximum absolute atomic E-state index is 4.40. The number of nitrogens with zero attached hydrogens (tertiary/aromatic N) is 1. The summed E-state index contributed by atoms with van der Waals surface area (Å²) in [5.41, 5.74) is 1.08. The molecule has 0 aliphatic heterocycles. The molecule has 2 unspecified atom stereocenters. The topological polar surface area (TPSA) is 24.9 Å². The number of pyridine rings is 1. The Labute approximate surface area is 120 Å². The summed E-state index contributed by atoms with van der Waals surface area (Å²) < 4.78 is 2.08. The lowest BCUT2D eigenvalue weighted by Gasteiger charge is -2.11. The average Bonchev–Trinajstić information content (AvgIpc) is 2.68. The molecule has 0 saturated heterocycles. The lowest BCUT2D eigenvalue weighted by molar-refractivity contribution is 0.468. The van der Waals surface area contributed by atoms with Gasteiger partial charge in [-0.1, -0.05) is 13.3 Å². The second kappa shape index (κ2) is 6.30. The Bertz CT molecular complexity index is 382. The van der Waals surface area contributed by atoms with Crippen molar-refractivity contribution >= 4 is 31.9 Å². The smallest absolute Gasteiger partial charge is 0.0684 e. The molecule has 1 aromatic heterocycles. The van der Waals surface area contributed by atoms with E-state index in [1.807, 2.05) is 12.3 Å². The van der Waals surface area contributed by atoms with E-state index in [9.17, 15) is 0 Å². The van der Waals surface area contributed by atoms with E-state index in [1.165, 1.54) is 19.3 Å². The minimum absolute atomic E-state index is 0.846. The zero-order valence-electron chi connectivity index (χ0n) is 10.0. The molecule has 0 spiro atoms. The van der Waals surface area contributed by atoms with E-state index in [0.717, 1.165) is 39.6 Å². The second-order valence-corrected chi connectivity index (χ2v) is 6.77. The van der Waals surface area contributed by atoms with Crippen molar-refractivity contribution in [1.29, 1.82) is 0 Å². The third-order valence-electron chi connectivity index (χ3n) is 3.41. The molecular formula is C13H18Br2N2. The van der Waals surface area contributed by atoms with Crippen LogP contribution in [0.1, 0.15) is 31.9 Å². The van der Waals surface area contributed by atoms with Crippen molar-refractivity contribution in [3.05, 3.63) is 26.9 Å². The maximum atomic E-state index is 4.40. The van der Waals surface area contributed by atoms with Crippen molar-refractivity contribution in [3.8, 4) is 0 Å². The van der Waals surface area contributed by atoms with Gasteiger partial charge in [0.15, 0.2) is 0 Å². The van der Waals surface area contributed by atoms with Crippen molar-refractivity contribution in [2.75, 3.05) is 6.54 Å². The Kier molecular flexibility index (Phi) is 5.00. The van der Waals surface area contributed by atoms with Gasteiger partial charge in [-0.15, -0.1) is 0 Å². The maximum Gasteiger partial charge on any atom is 0.0684 e. The Morgan fingerprint density at radius 3 is 2.88 bits per heavy atom. The van der Waals surface area contributed by atoms with Crippen LogP contribution < -0.4 is 5.32 Å². The fraction of sp³-hybridized carbons (Fsp3) is 0.615. The molecule has 0 amide bonds. The molecule has 4 heteroatoms. The summed E-state index contributed by atoms with van der Waals surface area (Å²) in [6.07, 6.45) is 6.00. The van der Waals surface area contributed by atoms with Crippen LogP contribution in [0.3, 0.4) is 0 Å². The monoisotopic (exact) mass is 360 g/mol. The molecule has 1 heterocycles. The lowest BCUT2D eigenvalue weighted by Crippen LogP contribution is -2.21. The Morgan fingerprint density at radius 2 is 2.24 bits per heavy atom. The van der Waals surface area contributed by atoms with Crippen molar-refractivity contribution < 1.29 is 0 Å². The quantitative estimate of drug-likeness (QED) is 0.871. The number of rotatable bonds is 4. The molecule has 1 N–H and O–H groups in total. The molecule has 1 fully saturated rings. The first-order chi connectivity index (χ1) is 8.15. The summed E-state index contributed by atoms with van der Waals surface area (Å²) in [6, 6.07) is 2.04. The highest BCUT2D eigenvalue weighted by Gasteiger charge is 2.20. The van der Waals surface area contributed by atoms with Crippen molar-refractivity contribution in [3.63, 3.8) is 0 Å². The van der Waals surface area contributed by atoms with Crippen LogP contribution in [-0.4, -0.2) is 11.5 Å². The Morgan fingerprint density at radius 1 is 1.41 bits per heavy atom. The largest absolute Gasteiger partial charge is 0.311 e. The first kappa shape index (κ1) is 13.5. The molecule has 94 valence electrons. The minimum Gasteiger partial charge on any atom is -0.311 e. The van der Waals surface area contributed by atoms with Gasteiger partial charge in [0.1, 0.15) is 0 Å². The third kappa shape index (κ3) is 4.04. The first-order valence-electron chi connectivity index (χ1n) is 6.16. The number of halogens is 2. The normalized spacial score (nSPS) is 24.2. The molecule has 1 aliphatic rings. The van der Waals surface area contributed by atoms with Gasteiger partial charge in [0, 0.05) is 21.7 Å². The second-order valence-electron chi connectivity index (χ2n) is 5.00. The van der Waals surface area contributed by atoms with Crippen LogP contribution in [0.15, 0.2) is 21.2 Å². The van der Waals surface area contributed by atoms with Crippen LogP contribution in [0.2, 0.25) is 0 Å². The van der Waals surface area contributed by atoms with Gasteiger partial charge in [0.05, 0.1) is 5.69 Å². The summed E-state index contributed by atoms with van der Waals surface area (Å²) in [7, 11) is 0. The van der Waals surface area contributed by atoms with E-state index < -0.39 is 0 Å². The highest BCUT2D eigenvalue weighted by Crippen LogP contribution is 2.29. The summed E-state index contributed by atoms with van der Waals surface area (Å²) >= 11 is 6.95. The van der Waals surface area contributed by atoms with Crippen LogP contribution >= 0.6 is 31.9 Å². The third-order valence-corrected chi connectivity index (χ3v) is 4.53. The van der Waals surface area contributed by atoms with E-state index in [4.69, 9.17) is 0 Å². The Balaban J connectivity index is 1.78. The highest BCUT2D eigenvalue weighted by molar-refractivity contribution is 9.11. The van der Waals surface area contributed by atoms with Crippen LogP contribution in [-0.2, 0) is 6.54 Å². The summed E-state index contributed by atoms with van der Waals surface area (Å²) in [6.45, 7) is 4.32. The fourth-order valence-electron chi connectivity index (χ4n) is 2.48. The number of aromatic nitrogens is 1. The fourth-order valence-corrected chi connectivity index (χ4v) is 3.61. The molecule has 0 bridgehead atoms. The number of hydrogen-bond donors (Lipinski definition) is 1. The van der Waals surface area contributed by atoms with Crippen LogP contribution in [0, 0.1) is 11.8 Å². The number of hydrogen-bond acceptors (Lipinski definition) is 2. The van der Waals surface area contributed by atoms with E-state index >= 15 is 0 Å². The molecular weight excluding hydrogens is 344 g/mol. The zero-order chi connectivity index (χ0) is 12.3. The van der Waals surface area contributed by atoms with Gasteiger partial charge in [0.2, 0.25) is 0 Å². The molecule has 1 saturated carbocycles. The molecule has 0 aromatic carbocycles. The standard InChI is InChI=1S/C13H18Br2N2/c1-9-2-3-10(4-9)6-16-8-13-12(15)5-11(14)7-17-13/h5,7,9-10,16H,2-4,6,8H2,1H3. The summed E-state index contributed by atoms with van der Waals surface area (Å²) in [5, 5.41) is 3.52. The lowest BCUT2D eigenvalue weighted by atomic mass is 10.1. The van der Waals surface area contributed by atoms with Crippen molar-refractivity contribution in [1.82, 2.24) is 10.3 Å². The van der Waals surface area contributed by atoms with Gasteiger partial charge >= 0.3 is 0 Å². The van der Waals surface area contributed by atoms with Gasteiger partial charge in [-0.3, -0.25) is 4.98 Å². The predicted octanol–water partition coefficient (Wildman–Crippen LogP) is 4.13. The minimum atomic E-state index is 0.846. The molecule has 17 heavy (non-hydrogen) atoms. The SMILES string of the molecule is CC1CCC(CNCc2ncc(Br)cc2Br)C1. The van der Waals surface area contributed by atoms with Crippen molar-refractivity contribution in [2.45, 2.75) is 32.7 Å². The number of nitrogens with one attached hydrogen (secondary N) is 1. The van der Waals surface area contributed by atoms with Crippen molar-refractivity contribution in [2.24, 2.45) is 11.8 Å². The van der Waals surface area contributed by atoms with E-state index in [0.29, 0.717) is 0 Å². The first-order valence-corrected chi connectivity index (χ1v) is 7.74. The van der Waals surface area contributed by atoms with Crippen LogP contribution in [0.5, 0.6) is 0 Å². The van der Waals surface area contributed by atoms with Crippen LogP contribution in [0.25, 0.3) is 0 Å². The van der Waals surface area contributed by atoms with E-state index in [1.54, 1.807) is 0 Å². The van der Waals surface area contributed by atoms with Gasteiger partial charge < -0.3 is 5.32 Å². The zero-order valence-corrected chi connectivity index (χ0v) is 13.2.